The predicted octanol–water partition coefficient (Wildman–Crippen LogP) is 0.304. The highest BCUT2D eigenvalue weighted by Crippen LogP contribution is 2.14. The minimum Gasteiger partial charge on any atom is -0.481 e. The molecule has 0 radical (unpaired) electrons. The monoisotopic (exact) mass is 249 g/mol. The third-order valence-electron chi connectivity index (χ3n) is 2.96. The molecule has 0 spiro atoms. The third kappa shape index (κ3) is 2.24. The van der Waals surface area contributed by atoms with Crippen molar-refractivity contribution in [1.82, 2.24) is 24.5 Å². The van der Waals surface area contributed by atoms with Crippen molar-refractivity contribution < 1.29 is 9.90 Å². The quantitative estimate of drug-likeness (QED) is 0.842. The van der Waals surface area contributed by atoms with Crippen LogP contribution in [0.3, 0.4) is 0 Å². The summed E-state index contributed by atoms with van der Waals surface area (Å²) < 4.78 is 3.57. The SMILES string of the molecule is Cc1nn(Cc2nncn2C)c(C)c1CC(=O)O. The number of carboxylic acid groups (broad SMARTS) is 1. The molecule has 0 atom stereocenters. The number of aromatic nitrogens is 5. The lowest BCUT2D eigenvalue weighted by atomic mass is 10.1. The smallest absolute Gasteiger partial charge is 0.307 e. The van der Waals surface area contributed by atoms with Crippen molar-refractivity contribution in [3.63, 3.8) is 0 Å². The summed E-state index contributed by atoms with van der Waals surface area (Å²) >= 11 is 0. The first-order valence-electron chi connectivity index (χ1n) is 5.56. The lowest BCUT2D eigenvalue weighted by molar-refractivity contribution is -0.136. The lowest BCUT2D eigenvalue weighted by Gasteiger charge is -2.04. The van der Waals surface area contributed by atoms with Gasteiger partial charge in [0.1, 0.15) is 12.9 Å². The first-order valence-corrected chi connectivity index (χ1v) is 5.56. The van der Waals surface area contributed by atoms with Gasteiger partial charge in [0.2, 0.25) is 0 Å². The van der Waals surface area contributed by atoms with Crippen molar-refractivity contribution in [2.24, 2.45) is 7.05 Å². The Kier molecular flexibility index (Phi) is 3.14. The van der Waals surface area contributed by atoms with Crippen molar-refractivity contribution >= 4 is 5.97 Å². The van der Waals surface area contributed by atoms with Crippen molar-refractivity contribution in [3.8, 4) is 0 Å². The maximum atomic E-state index is 10.8. The van der Waals surface area contributed by atoms with E-state index in [1.807, 2.05) is 25.5 Å². The average Bonchev–Trinajstić information content (AvgIpc) is 2.79. The number of carboxylic acids is 1. The van der Waals surface area contributed by atoms with Gasteiger partial charge in [0.05, 0.1) is 12.1 Å². The number of hydrogen-bond donors (Lipinski definition) is 1. The summed E-state index contributed by atoms with van der Waals surface area (Å²) in [6.45, 7) is 4.18. The molecule has 2 heterocycles. The van der Waals surface area contributed by atoms with Gasteiger partial charge in [-0.1, -0.05) is 0 Å². The van der Waals surface area contributed by atoms with E-state index >= 15 is 0 Å². The van der Waals surface area contributed by atoms with Gasteiger partial charge >= 0.3 is 5.97 Å². The summed E-state index contributed by atoms with van der Waals surface area (Å²) in [5, 5.41) is 21.0. The zero-order valence-corrected chi connectivity index (χ0v) is 10.6. The van der Waals surface area contributed by atoms with Gasteiger partial charge in [-0.15, -0.1) is 10.2 Å². The van der Waals surface area contributed by atoms with Crippen LogP contribution in [0.1, 0.15) is 22.8 Å². The molecular formula is C11H15N5O2. The number of nitrogens with zero attached hydrogens (tertiary/aromatic N) is 5. The first kappa shape index (κ1) is 12.3. The van der Waals surface area contributed by atoms with E-state index in [0.717, 1.165) is 22.8 Å². The Labute approximate surface area is 104 Å². The fraction of sp³-hybridized carbons (Fsp3) is 0.455. The average molecular weight is 249 g/mol. The zero-order valence-electron chi connectivity index (χ0n) is 10.6. The van der Waals surface area contributed by atoms with E-state index in [2.05, 4.69) is 15.3 Å². The molecule has 0 aliphatic heterocycles. The number of carbonyl (C=O) groups is 1. The minimum absolute atomic E-state index is 0.00349. The number of aliphatic carboxylic acids is 1. The Hall–Kier alpha value is -2.18. The fourth-order valence-corrected chi connectivity index (χ4v) is 1.88. The largest absolute Gasteiger partial charge is 0.481 e. The Morgan fingerprint density at radius 3 is 2.72 bits per heavy atom. The standard InChI is InChI=1S/C11H15N5O2/c1-7-9(4-11(17)18)8(2)16(14-7)5-10-13-12-6-15(10)3/h6H,4-5H2,1-3H3,(H,17,18). The molecule has 0 aromatic carbocycles. The lowest BCUT2D eigenvalue weighted by Crippen LogP contribution is -2.09. The zero-order chi connectivity index (χ0) is 13.3. The molecule has 0 aliphatic carbocycles. The van der Waals surface area contributed by atoms with Gasteiger partial charge in [0, 0.05) is 18.3 Å². The second-order valence-electron chi connectivity index (χ2n) is 4.24. The predicted molar refractivity (Wildman–Crippen MR) is 63.1 cm³/mol. The van der Waals surface area contributed by atoms with Crippen molar-refractivity contribution in [2.45, 2.75) is 26.8 Å². The van der Waals surface area contributed by atoms with Crippen LogP contribution in [-0.4, -0.2) is 35.6 Å². The molecule has 0 saturated carbocycles. The van der Waals surface area contributed by atoms with Gasteiger partial charge in [-0.05, 0) is 13.8 Å². The second kappa shape index (κ2) is 4.59. The van der Waals surface area contributed by atoms with E-state index in [9.17, 15) is 4.79 Å². The number of aryl methyl sites for hydroxylation is 2. The van der Waals surface area contributed by atoms with Crippen LogP contribution in [0.5, 0.6) is 0 Å². The molecular weight excluding hydrogens is 234 g/mol. The number of hydrogen-bond acceptors (Lipinski definition) is 4. The van der Waals surface area contributed by atoms with Crippen LogP contribution in [-0.2, 0) is 24.8 Å². The normalized spacial score (nSPS) is 10.8. The van der Waals surface area contributed by atoms with E-state index in [0.29, 0.717) is 6.54 Å². The summed E-state index contributed by atoms with van der Waals surface area (Å²) in [6, 6.07) is 0. The van der Waals surface area contributed by atoms with Crippen molar-refractivity contribution in [2.75, 3.05) is 0 Å². The molecule has 1 N–H and O–H groups in total. The Bertz CT molecular complexity index is 584. The van der Waals surface area contributed by atoms with Gasteiger partial charge in [0.25, 0.3) is 0 Å². The number of rotatable bonds is 4. The van der Waals surface area contributed by atoms with E-state index in [1.165, 1.54) is 0 Å². The molecule has 18 heavy (non-hydrogen) atoms. The minimum atomic E-state index is -0.848. The molecule has 2 aromatic heterocycles. The third-order valence-corrected chi connectivity index (χ3v) is 2.96. The maximum Gasteiger partial charge on any atom is 0.307 e. The van der Waals surface area contributed by atoms with Gasteiger partial charge < -0.3 is 9.67 Å². The van der Waals surface area contributed by atoms with Crippen molar-refractivity contribution in [3.05, 3.63) is 29.1 Å². The van der Waals surface area contributed by atoms with Gasteiger partial charge in [-0.3, -0.25) is 9.48 Å². The molecule has 0 saturated heterocycles. The molecule has 2 aromatic rings. The van der Waals surface area contributed by atoms with Crippen LogP contribution in [0.25, 0.3) is 0 Å². The molecule has 7 nitrogen and oxygen atoms in total. The van der Waals surface area contributed by atoms with Crippen LogP contribution in [0.15, 0.2) is 6.33 Å². The Balaban J connectivity index is 2.30. The van der Waals surface area contributed by atoms with E-state index in [1.54, 1.807) is 11.0 Å². The molecule has 0 fully saturated rings. The van der Waals surface area contributed by atoms with Crippen LogP contribution in [0.2, 0.25) is 0 Å². The van der Waals surface area contributed by atoms with E-state index < -0.39 is 5.97 Å². The Morgan fingerprint density at radius 2 is 2.17 bits per heavy atom. The van der Waals surface area contributed by atoms with Crippen LogP contribution >= 0.6 is 0 Å². The summed E-state index contributed by atoms with van der Waals surface area (Å²) in [5.74, 6) is -0.0677. The summed E-state index contributed by atoms with van der Waals surface area (Å²) in [5.41, 5.74) is 2.37. The van der Waals surface area contributed by atoms with Crippen molar-refractivity contribution in [1.29, 1.82) is 0 Å². The summed E-state index contributed by atoms with van der Waals surface area (Å²) in [6.07, 6.45) is 1.62. The van der Waals surface area contributed by atoms with Crippen LogP contribution in [0, 0.1) is 13.8 Å². The van der Waals surface area contributed by atoms with Gasteiger partial charge in [0.15, 0.2) is 5.82 Å². The second-order valence-corrected chi connectivity index (χ2v) is 4.24. The highest BCUT2D eigenvalue weighted by Gasteiger charge is 2.15. The van der Waals surface area contributed by atoms with Gasteiger partial charge in [-0.2, -0.15) is 5.10 Å². The van der Waals surface area contributed by atoms with Crippen LogP contribution < -0.4 is 0 Å². The van der Waals surface area contributed by atoms with Gasteiger partial charge in [-0.25, -0.2) is 0 Å². The topological polar surface area (TPSA) is 85.8 Å². The molecule has 0 unspecified atom stereocenters. The molecule has 7 heteroatoms. The Morgan fingerprint density at radius 1 is 1.44 bits per heavy atom. The van der Waals surface area contributed by atoms with E-state index in [4.69, 9.17) is 5.11 Å². The first-order chi connectivity index (χ1) is 8.49. The highest BCUT2D eigenvalue weighted by atomic mass is 16.4. The summed E-state index contributed by atoms with van der Waals surface area (Å²) in [4.78, 5) is 10.8. The fourth-order valence-electron chi connectivity index (χ4n) is 1.88. The molecule has 2 rings (SSSR count). The van der Waals surface area contributed by atoms with E-state index in [-0.39, 0.29) is 6.42 Å². The maximum absolute atomic E-state index is 10.8. The molecule has 0 bridgehead atoms. The molecule has 0 amide bonds. The summed E-state index contributed by atoms with van der Waals surface area (Å²) in [7, 11) is 1.86. The molecule has 0 aliphatic rings. The molecule has 96 valence electrons. The highest BCUT2D eigenvalue weighted by molar-refractivity contribution is 5.70. The van der Waals surface area contributed by atoms with Crippen LogP contribution in [0.4, 0.5) is 0 Å².